The first kappa shape index (κ1) is 13.0. The van der Waals surface area contributed by atoms with E-state index in [9.17, 15) is 4.79 Å². The van der Waals surface area contributed by atoms with Crippen LogP contribution in [-0.2, 0) is 11.3 Å². The lowest BCUT2D eigenvalue weighted by molar-refractivity contribution is 0.139. The Hall–Kier alpha value is -2.02. The SMILES string of the molecule is [C-]#[N+]CCCCNC(=O)OCc1ccccc1. The molecule has 1 amide bonds. The molecule has 0 aliphatic heterocycles. The Morgan fingerprint density at radius 2 is 2.06 bits per heavy atom. The van der Waals surface area contributed by atoms with Crippen molar-refractivity contribution in [2.45, 2.75) is 19.4 Å². The number of unbranched alkanes of at least 4 members (excludes halogenated alkanes) is 1. The molecule has 4 heteroatoms. The van der Waals surface area contributed by atoms with E-state index in [-0.39, 0.29) is 6.61 Å². The number of carbonyl (C=O) groups excluding carboxylic acids is 1. The van der Waals surface area contributed by atoms with Crippen molar-refractivity contribution >= 4 is 6.09 Å². The lowest BCUT2D eigenvalue weighted by Gasteiger charge is -2.06. The van der Waals surface area contributed by atoms with Crippen molar-refractivity contribution in [2.75, 3.05) is 13.1 Å². The fourth-order valence-electron chi connectivity index (χ4n) is 1.28. The van der Waals surface area contributed by atoms with Gasteiger partial charge in [0.05, 0.1) is 0 Å². The maximum absolute atomic E-state index is 11.3. The molecule has 0 radical (unpaired) electrons. The van der Waals surface area contributed by atoms with Crippen molar-refractivity contribution in [2.24, 2.45) is 0 Å². The summed E-state index contributed by atoms with van der Waals surface area (Å²) in [6, 6.07) is 9.54. The maximum Gasteiger partial charge on any atom is 0.407 e. The molecule has 1 N–H and O–H groups in total. The molecule has 0 saturated heterocycles. The highest BCUT2D eigenvalue weighted by molar-refractivity contribution is 5.67. The van der Waals surface area contributed by atoms with Gasteiger partial charge in [0.1, 0.15) is 6.61 Å². The van der Waals surface area contributed by atoms with E-state index in [0.717, 1.165) is 18.4 Å². The fourth-order valence-corrected chi connectivity index (χ4v) is 1.28. The third-order valence-electron chi connectivity index (χ3n) is 2.18. The van der Waals surface area contributed by atoms with Gasteiger partial charge < -0.3 is 14.9 Å². The van der Waals surface area contributed by atoms with E-state index in [0.29, 0.717) is 13.1 Å². The number of hydrogen-bond acceptors (Lipinski definition) is 2. The molecule has 1 aromatic rings. The highest BCUT2D eigenvalue weighted by Gasteiger charge is 2.01. The number of benzene rings is 1. The normalized spacial score (nSPS) is 9.35. The smallest absolute Gasteiger partial charge is 0.407 e. The number of nitrogens with one attached hydrogen (secondary N) is 1. The van der Waals surface area contributed by atoms with Crippen molar-refractivity contribution < 1.29 is 9.53 Å². The molecule has 1 aromatic carbocycles. The molecule has 0 aliphatic carbocycles. The minimum absolute atomic E-state index is 0.286. The summed E-state index contributed by atoms with van der Waals surface area (Å²) in [7, 11) is 0. The Labute approximate surface area is 101 Å². The average Bonchev–Trinajstić information content (AvgIpc) is 2.37. The monoisotopic (exact) mass is 232 g/mol. The number of amides is 1. The molecule has 0 spiro atoms. The number of alkyl carbamates (subject to hydrolysis) is 1. The van der Waals surface area contributed by atoms with Gasteiger partial charge in [0.25, 0.3) is 0 Å². The van der Waals surface area contributed by atoms with Crippen molar-refractivity contribution in [1.82, 2.24) is 5.32 Å². The molecule has 0 unspecified atom stereocenters. The summed E-state index contributed by atoms with van der Waals surface area (Å²) < 4.78 is 5.02. The third kappa shape index (κ3) is 6.21. The summed E-state index contributed by atoms with van der Waals surface area (Å²) in [5, 5.41) is 2.65. The minimum atomic E-state index is -0.406. The molecule has 0 atom stereocenters. The Balaban J connectivity index is 2.08. The molecule has 1 rings (SSSR count). The van der Waals surface area contributed by atoms with Gasteiger partial charge in [-0.1, -0.05) is 30.3 Å². The van der Waals surface area contributed by atoms with Gasteiger partial charge in [-0.05, 0) is 12.0 Å². The summed E-state index contributed by atoms with van der Waals surface area (Å²) in [6.45, 7) is 7.96. The van der Waals surface area contributed by atoms with Crippen LogP contribution in [0.3, 0.4) is 0 Å². The Kier molecular flexibility index (Phi) is 6.27. The summed E-state index contributed by atoms with van der Waals surface area (Å²) in [5.74, 6) is 0. The van der Waals surface area contributed by atoms with Gasteiger partial charge in [0.15, 0.2) is 0 Å². The van der Waals surface area contributed by atoms with Gasteiger partial charge >= 0.3 is 6.09 Å². The van der Waals surface area contributed by atoms with Crippen molar-refractivity contribution in [1.29, 1.82) is 0 Å². The van der Waals surface area contributed by atoms with Crippen LogP contribution in [-0.4, -0.2) is 19.2 Å². The van der Waals surface area contributed by atoms with E-state index in [2.05, 4.69) is 10.2 Å². The van der Waals surface area contributed by atoms with Gasteiger partial charge in [-0.3, -0.25) is 0 Å². The van der Waals surface area contributed by atoms with Crippen LogP contribution in [0.25, 0.3) is 4.85 Å². The largest absolute Gasteiger partial charge is 0.445 e. The van der Waals surface area contributed by atoms with E-state index < -0.39 is 6.09 Å². The van der Waals surface area contributed by atoms with E-state index in [1.165, 1.54) is 0 Å². The van der Waals surface area contributed by atoms with Crippen molar-refractivity contribution in [3.05, 3.63) is 47.3 Å². The van der Waals surface area contributed by atoms with Crippen molar-refractivity contribution in [3.8, 4) is 0 Å². The van der Waals surface area contributed by atoms with Crippen LogP contribution < -0.4 is 5.32 Å². The Morgan fingerprint density at radius 3 is 2.76 bits per heavy atom. The second-order valence-corrected chi connectivity index (χ2v) is 3.58. The first-order valence-corrected chi connectivity index (χ1v) is 5.60. The molecule has 0 bridgehead atoms. The molecule has 0 aliphatic rings. The first-order chi connectivity index (χ1) is 8.33. The van der Waals surface area contributed by atoms with Crippen molar-refractivity contribution in [3.63, 3.8) is 0 Å². The Morgan fingerprint density at radius 1 is 1.29 bits per heavy atom. The van der Waals surface area contributed by atoms with Gasteiger partial charge in [-0.2, -0.15) is 0 Å². The molecule has 4 nitrogen and oxygen atoms in total. The number of hydrogen-bond donors (Lipinski definition) is 1. The molecule has 0 heterocycles. The highest BCUT2D eigenvalue weighted by Crippen LogP contribution is 2.00. The number of rotatable bonds is 6. The number of carbonyl (C=O) groups is 1. The molecular formula is C13H16N2O2. The second kappa shape index (κ2) is 8.17. The van der Waals surface area contributed by atoms with E-state index in [1.54, 1.807) is 0 Å². The maximum atomic E-state index is 11.3. The lowest BCUT2D eigenvalue weighted by atomic mass is 10.2. The summed E-state index contributed by atoms with van der Waals surface area (Å²) in [5.41, 5.74) is 0.968. The van der Waals surface area contributed by atoms with E-state index in [4.69, 9.17) is 11.3 Å². The van der Waals surface area contributed by atoms with Gasteiger partial charge in [-0.15, -0.1) is 0 Å². The van der Waals surface area contributed by atoms with Crippen LogP contribution in [0.2, 0.25) is 0 Å². The third-order valence-corrected chi connectivity index (χ3v) is 2.18. The van der Waals surface area contributed by atoms with Crippen LogP contribution >= 0.6 is 0 Å². The van der Waals surface area contributed by atoms with Crippen LogP contribution in [0.15, 0.2) is 30.3 Å². The summed E-state index contributed by atoms with van der Waals surface area (Å²) in [4.78, 5) is 14.5. The van der Waals surface area contributed by atoms with E-state index >= 15 is 0 Å². The lowest BCUT2D eigenvalue weighted by Crippen LogP contribution is -2.25. The Bertz CT molecular complexity index is 371. The predicted octanol–water partition coefficient (Wildman–Crippen LogP) is 2.61. The minimum Gasteiger partial charge on any atom is -0.445 e. The molecule has 0 fully saturated rings. The second-order valence-electron chi connectivity index (χ2n) is 3.58. The summed E-state index contributed by atoms with van der Waals surface area (Å²) >= 11 is 0. The molecule has 90 valence electrons. The van der Waals surface area contributed by atoms with Crippen LogP contribution in [0.4, 0.5) is 4.79 Å². The van der Waals surface area contributed by atoms with Gasteiger partial charge in [0.2, 0.25) is 6.54 Å². The number of ether oxygens (including phenoxy) is 1. The summed E-state index contributed by atoms with van der Waals surface area (Å²) in [6.07, 6.45) is 1.21. The van der Waals surface area contributed by atoms with Crippen LogP contribution in [0.5, 0.6) is 0 Å². The zero-order chi connectivity index (χ0) is 12.3. The molecule has 17 heavy (non-hydrogen) atoms. The predicted molar refractivity (Wildman–Crippen MR) is 65.3 cm³/mol. The van der Waals surface area contributed by atoms with Gasteiger partial charge in [-0.25, -0.2) is 11.4 Å². The topological polar surface area (TPSA) is 42.7 Å². The number of nitrogens with zero attached hydrogens (tertiary/aromatic N) is 1. The highest BCUT2D eigenvalue weighted by atomic mass is 16.5. The molecule has 0 saturated carbocycles. The van der Waals surface area contributed by atoms with Gasteiger partial charge in [0, 0.05) is 13.0 Å². The average molecular weight is 232 g/mol. The molecule has 0 aromatic heterocycles. The van der Waals surface area contributed by atoms with Crippen LogP contribution in [0.1, 0.15) is 18.4 Å². The quantitative estimate of drug-likeness (QED) is 0.605. The van der Waals surface area contributed by atoms with Crippen LogP contribution in [0, 0.1) is 6.57 Å². The standard InChI is InChI=1S/C13H16N2O2/c1-14-9-5-6-10-15-13(16)17-11-12-7-3-2-4-8-12/h2-4,7-8H,5-6,9-11H2,(H,15,16). The zero-order valence-corrected chi connectivity index (χ0v) is 9.69. The zero-order valence-electron chi connectivity index (χ0n) is 9.69. The first-order valence-electron chi connectivity index (χ1n) is 5.60. The van der Waals surface area contributed by atoms with E-state index in [1.807, 2.05) is 30.3 Å². The molecular weight excluding hydrogens is 216 g/mol. The fraction of sp³-hybridized carbons (Fsp3) is 0.385.